The molecule has 0 saturated heterocycles. The van der Waals surface area contributed by atoms with Crippen LogP contribution in [0.1, 0.15) is 31.0 Å². The number of rotatable bonds is 3. The summed E-state index contributed by atoms with van der Waals surface area (Å²) in [6.07, 6.45) is 2.03. The predicted octanol–water partition coefficient (Wildman–Crippen LogP) is 3.31. The van der Waals surface area contributed by atoms with Gasteiger partial charge in [-0.15, -0.1) is 0 Å². The van der Waals surface area contributed by atoms with Gasteiger partial charge in [0.2, 0.25) is 0 Å². The standard InChI is InChI=1S/C19H22N2O3S/c1-13-12-16-6-4-5-7-18(16)21(13)19(22)20-14(2)15-8-10-17(11-9-15)25(3,23)24/h4-11,13-14H,12H2,1-3H3,(H,20,22). The first-order valence-corrected chi connectivity index (χ1v) is 10.1. The molecule has 132 valence electrons. The number of anilines is 1. The van der Waals surface area contributed by atoms with Gasteiger partial charge < -0.3 is 5.32 Å². The van der Waals surface area contributed by atoms with Crippen molar-refractivity contribution in [2.45, 2.75) is 37.2 Å². The minimum Gasteiger partial charge on any atom is -0.331 e. The van der Waals surface area contributed by atoms with Crippen LogP contribution in [0, 0.1) is 0 Å². The number of urea groups is 1. The molecule has 0 saturated carbocycles. The number of hydrogen-bond acceptors (Lipinski definition) is 3. The van der Waals surface area contributed by atoms with Crippen molar-refractivity contribution in [1.29, 1.82) is 0 Å². The number of hydrogen-bond donors (Lipinski definition) is 1. The first-order chi connectivity index (χ1) is 11.8. The Balaban J connectivity index is 1.75. The number of carbonyl (C=O) groups is 1. The summed E-state index contributed by atoms with van der Waals surface area (Å²) in [6, 6.07) is 14.3. The van der Waals surface area contributed by atoms with Crippen LogP contribution >= 0.6 is 0 Å². The van der Waals surface area contributed by atoms with Crippen molar-refractivity contribution < 1.29 is 13.2 Å². The number of sulfone groups is 1. The van der Waals surface area contributed by atoms with Crippen LogP contribution < -0.4 is 10.2 Å². The Morgan fingerprint density at radius 3 is 2.44 bits per heavy atom. The molecule has 1 N–H and O–H groups in total. The molecular formula is C19H22N2O3S. The number of para-hydroxylation sites is 1. The van der Waals surface area contributed by atoms with Gasteiger partial charge in [0, 0.05) is 18.0 Å². The highest BCUT2D eigenvalue weighted by molar-refractivity contribution is 7.90. The summed E-state index contributed by atoms with van der Waals surface area (Å²) in [5, 5.41) is 3.01. The van der Waals surface area contributed by atoms with Crippen LogP contribution in [0.4, 0.5) is 10.5 Å². The average Bonchev–Trinajstić information content (AvgIpc) is 2.89. The monoisotopic (exact) mass is 358 g/mol. The van der Waals surface area contributed by atoms with E-state index in [0.717, 1.165) is 17.7 Å². The van der Waals surface area contributed by atoms with Crippen molar-refractivity contribution in [3.8, 4) is 0 Å². The summed E-state index contributed by atoms with van der Waals surface area (Å²) < 4.78 is 23.1. The molecule has 2 aromatic rings. The molecular weight excluding hydrogens is 336 g/mol. The molecule has 0 spiro atoms. The van der Waals surface area contributed by atoms with Gasteiger partial charge in [0.15, 0.2) is 9.84 Å². The molecule has 0 bridgehead atoms. The van der Waals surface area contributed by atoms with Crippen molar-refractivity contribution in [3.63, 3.8) is 0 Å². The van der Waals surface area contributed by atoms with Gasteiger partial charge in [-0.3, -0.25) is 4.90 Å². The number of nitrogens with zero attached hydrogens (tertiary/aromatic N) is 1. The maximum absolute atomic E-state index is 12.7. The number of amides is 2. The van der Waals surface area contributed by atoms with Crippen LogP contribution in [0.2, 0.25) is 0 Å². The Morgan fingerprint density at radius 2 is 1.80 bits per heavy atom. The summed E-state index contributed by atoms with van der Waals surface area (Å²) in [6.45, 7) is 3.92. The molecule has 1 aliphatic heterocycles. The first kappa shape index (κ1) is 17.5. The van der Waals surface area contributed by atoms with Crippen LogP contribution in [0.25, 0.3) is 0 Å². The fraction of sp³-hybridized carbons (Fsp3) is 0.316. The molecule has 0 fully saturated rings. The number of nitrogens with one attached hydrogen (secondary N) is 1. The Morgan fingerprint density at radius 1 is 1.16 bits per heavy atom. The molecule has 2 unspecified atom stereocenters. The minimum atomic E-state index is -3.22. The quantitative estimate of drug-likeness (QED) is 0.915. The van der Waals surface area contributed by atoms with E-state index in [-0.39, 0.29) is 23.0 Å². The van der Waals surface area contributed by atoms with Crippen LogP contribution in [-0.2, 0) is 16.3 Å². The molecule has 1 heterocycles. The van der Waals surface area contributed by atoms with Crippen molar-refractivity contribution in [1.82, 2.24) is 5.32 Å². The second kappa shape index (κ2) is 6.52. The summed E-state index contributed by atoms with van der Waals surface area (Å²) in [5.41, 5.74) is 2.99. The lowest BCUT2D eigenvalue weighted by Crippen LogP contribution is -2.44. The third kappa shape index (κ3) is 3.54. The maximum Gasteiger partial charge on any atom is 0.322 e. The van der Waals surface area contributed by atoms with E-state index in [4.69, 9.17) is 0 Å². The zero-order valence-corrected chi connectivity index (χ0v) is 15.4. The van der Waals surface area contributed by atoms with Gasteiger partial charge >= 0.3 is 6.03 Å². The normalized spacial score (nSPS) is 17.9. The third-order valence-corrected chi connectivity index (χ3v) is 5.70. The largest absolute Gasteiger partial charge is 0.331 e. The van der Waals surface area contributed by atoms with E-state index in [1.165, 1.54) is 11.8 Å². The predicted molar refractivity (Wildman–Crippen MR) is 98.6 cm³/mol. The van der Waals surface area contributed by atoms with E-state index in [9.17, 15) is 13.2 Å². The van der Waals surface area contributed by atoms with Gasteiger partial charge in [-0.1, -0.05) is 30.3 Å². The molecule has 0 aliphatic carbocycles. The first-order valence-electron chi connectivity index (χ1n) is 8.25. The summed E-state index contributed by atoms with van der Waals surface area (Å²) in [5.74, 6) is 0. The van der Waals surface area contributed by atoms with Crippen molar-refractivity contribution >= 4 is 21.6 Å². The van der Waals surface area contributed by atoms with E-state index >= 15 is 0 Å². The molecule has 3 rings (SSSR count). The molecule has 2 amide bonds. The zero-order valence-electron chi connectivity index (χ0n) is 14.6. The van der Waals surface area contributed by atoms with Gasteiger partial charge in [-0.2, -0.15) is 0 Å². The molecule has 1 aliphatic rings. The summed E-state index contributed by atoms with van der Waals surface area (Å²) >= 11 is 0. The summed E-state index contributed by atoms with van der Waals surface area (Å²) in [4.78, 5) is 14.8. The van der Waals surface area contributed by atoms with Gasteiger partial charge in [-0.25, -0.2) is 13.2 Å². The number of benzene rings is 2. The van der Waals surface area contributed by atoms with Crippen LogP contribution in [-0.4, -0.2) is 26.7 Å². The molecule has 0 radical (unpaired) electrons. The molecule has 6 heteroatoms. The van der Waals surface area contributed by atoms with E-state index in [1.807, 2.05) is 38.1 Å². The Labute approximate surface area is 148 Å². The van der Waals surface area contributed by atoms with Gasteiger partial charge in [0.1, 0.15) is 0 Å². The van der Waals surface area contributed by atoms with E-state index in [1.54, 1.807) is 29.2 Å². The zero-order chi connectivity index (χ0) is 18.2. The van der Waals surface area contributed by atoms with Gasteiger partial charge in [-0.05, 0) is 49.6 Å². The fourth-order valence-electron chi connectivity index (χ4n) is 3.22. The Kier molecular flexibility index (Phi) is 4.56. The van der Waals surface area contributed by atoms with Gasteiger partial charge in [0.05, 0.1) is 10.9 Å². The lowest BCUT2D eigenvalue weighted by molar-refractivity contribution is 0.242. The van der Waals surface area contributed by atoms with Crippen molar-refractivity contribution in [3.05, 3.63) is 59.7 Å². The highest BCUT2D eigenvalue weighted by Crippen LogP contribution is 2.32. The van der Waals surface area contributed by atoms with E-state index in [2.05, 4.69) is 5.32 Å². The third-order valence-electron chi connectivity index (χ3n) is 4.57. The molecule has 5 nitrogen and oxygen atoms in total. The summed E-state index contributed by atoms with van der Waals surface area (Å²) in [7, 11) is -3.22. The second-order valence-corrected chi connectivity index (χ2v) is 8.58. The van der Waals surface area contributed by atoms with Crippen LogP contribution in [0.15, 0.2) is 53.4 Å². The van der Waals surface area contributed by atoms with E-state index in [0.29, 0.717) is 0 Å². The SMILES string of the molecule is CC(NC(=O)N1c2ccccc2CC1C)c1ccc(S(C)(=O)=O)cc1. The fourth-order valence-corrected chi connectivity index (χ4v) is 3.85. The highest BCUT2D eigenvalue weighted by atomic mass is 32.2. The number of fused-ring (bicyclic) bond motifs is 1. The highest BCUT2D eigenvalue weighted by Gasteiger charge is 2.31. The lowest BCUT2D eigenvalue weighted by atomic mass is 10.1. The maximum atomic E-state index is 12.7. The Hall–Kier alpha value is -2.34. The molecule has 0 aromatic heterocycles. The molecule has 25 heavy (non-hydrogen) atoms. The van der Waals surface area contributed by atoms with Gasteiger partial charge in [0.25, 0.3) is 0 Å². The van der Waals surface area contributed by atoms with Crippen molar-refractivity contribution in [2.24, 2.45) is 0 Å². The minimum absolute atomic E-state index is 0.109. The topological polar surface area (TPSA) is 66.5 Å². The van der Waals surface area contributed by atoms with E-state index < -0.39 is 9.84 Å². The van der Waals surface area contributed by atoms with Crippen LogP contribution in [0.5, 0.6) is 0 Å². The smallest absolute Gasteiger partial charge is 0.322 e. The molecule has 2 atom stereocenters. The second-order valence-electron chi connectivity index (χ2n) is 6.56. The lowest BCUT2D eigenvalue weighted by Gasteiger charge is -2.25. The molecule has 2 aromatic carbocycles. The Bertz CT molecular complexity index is 891. The number of carbonyl (C=O) groups excluding carboxylic acids is 1. The van der Waals surface area contributed by atoms with Crippen LogP contribution in [0.3, 0.4) is 0 Å². The average molecular weight is 358 g/mol. The van der Waals surface area contributed by atoms with Crippen molar-refractivity contribution in [2.75, 3.05) is 11.2 Å².